The predicted octanol–water partition coefficient (Wildman–Crippen LogP) is 7.03. The van der Waals surface area contributed by atoms with Crippen molar-refractivity contribution in [3.63, 3.8) is 0 Å². The van der Waals surface area contributed by atoms with E-state index in [1.54, 1.807) is 30.3 Å². The highest BCUT2D eigenvalue weighted by molar-refractivity contribution is 6.40. The fourth-order valence-electron chi connectivity index (χ4n) is 3.30. The molecule has 4 aromatic rings. The molecule has 0 spiro atoms. The van der Waals surface area contributed by atoms with Gasteiger partial charge in [-0.25, -0.2) is 0 Å². The van der Waals surface area contributed by atoms with E-state index in [1.807, 2.05) is 54.1 Å². The summed E-state index contributed by atoms with van der Waals surface area (Å²) >= 11 is 18.3. The fourth-order valence-corrected chi connectivity index (χ4v) is 4.23. The molecule has 0 unspecified atom stereocenters. The zero-order valence-electron chi connectivity index (χ0n) is 17.7. The Morgan fingerprint density at radius 3 is 2.36 bits per heavy atom. The molecule has 0 aliphatic rings. The number of carbonyl (C=O) groups excluding carboxylic acids is 1. The first-order valence-corrected chi connectivity index (χ1v) is 11.3. The molecule has 1 aromatic heterocycles. The van der Waals surface area contributed by atoms with E-state index in [-0.39, 0.29) is 12.5 Å². The lowest BCUT2D eigenvalue weighted by Crippen LogP contribution is -2.13. The van der Waals surface area contributed by atoms with Crippen molar-refractivity contribution in [2.45, 2.75) is 20.1 Å². The van der Waals surface area contributed by atoms with Crippen molar-refractivity contribution in [2.24, 2.45) is 0 Å². The van der Waals surface area contributed by atoms with Gasteiger partial charge in [0.2, 0.25) is 0 Å². The number of hydrogen-bond acceptors (Lipinski definition) is 3. The van der Waals surface area contributed by atoms with Crippen molar-refractivity contribution in [3.05, 3.63) is 110 Å². The molecular weight excluding hydrogens is 481 g/mol. The first-order valence-electron chi connectivity index (χ1n) is 10.1. The Balaban J connectivity index is 1.42. The third-order valence-electron chi connectivity index (χ3n) is 4.93. The van der Waals surface area contributed by atoms with Gasteiger partial charge in [-0.3, -0.25) is 9.48 Å². The van der Waals surface area contributed by atoms with Gasteiger partial charge >= 0.3 is 0 Å². The van der Waals surface area contributed by atoms with E-state index in [4.69, 9.17) is 39.5 Å². The van der Waals surface area contributed by atoms with Gasteiger partial charge in [-0.1, -0.05) is 77.3 Å². The maximum absolute atomic E-state index is 12.8. The van der Waals surface area contributed by atoms with E-state index in [0.29, 0.717) is 38.7 Å². The zero-order chi connectivity index (χ0) is 23.4. The molecule has 0 radical (unpaired) electrons. The van der Waals surface area contributed by atoms with Gasteiger partial charge in [0.1, 0.15) is 6.61 Å². The SMILES string of the molecule is Cc1cc(NC(=O)c2cccc(COc3c(Cl)cc(Cl)cc3Cl)c2)nn1Cc1ccccc1. The van der Waals surface area contributed by atoms with Gasteiger partial charge < -0.3 is 10.1 Å². The summed E-state index contributed by atoms with van der Waals surface area (Å²) < 4.78 is 7.62. The van der Waals surface area contributed by atoms with Gasteiger partial charge in [0.25, 0.3) is 5.91 Å². The van der Waals surface area contributed by atoms with Gasteiger partial charge in [0.05, 0.1) is 16.6 Å². The Bertz CT molecular complexity index is 1270. The van der Waals surface area contributed by atoms with Crippen LogP contribution in [0.2, 0.25) is 15.1 Å². The van der Waals surface area contributed by atoms with Crippen molar-refractivity contribution in [1.29, 1.82) is 0 Å². The van der Waals surface area contributed by atoms with Gasteiger partial charge in [0, 0.05) is 22.3 Å². The third kappa shape index (κ3) is 5.88. The number of benzene rings is 3. The van der Waals surface area contributed by atoms with Crippen molar-refractivity contribution < 1.29 is 9.53 Å². The van der Waals surface area contributed by atoms with E-state index in [2.05, 4.69) is 10.4 Å². The lowest BCUT2D eigenvalue weighted by molar-refractivity contribution is 0.102. The van der Waals surface area contributed by atoms with Crippen LogP contribution in [0.5, 0.6) is 5.75 Å². The van der Waals surface area contributed by atoms with Crippen LogP contribution in [0.15, 0.2) is 72.8 Å². The summed E-state index contributed by atoms with van der Waals surface area (Å²) in [5.74, 6) is 0.579. The first kappa shape index (κ1) is 23.2. The molecule has 0 fully saturated rings. The molecule has 5 nitrogen and oxygen atoms in total. The molecule has 3 aromatic carbocycles. The molecule has 1 heterocycles. The maximum atomic E-state index is 12.8. The normalized spacial score (nSPS) is 10.8. The van der Waals surface area contributed by atoms with Crippen molar-refractivity contribution >= 4 is 46.5 Å². The Morgan fingerprint density at radius 1 is 0.939 bits per heavy atom. The van der Waals surface area contributed by atoms with E-state index < -0.39 is 0 Å². The minimum atomic E-state index is -0.260. The van der Waals surface area contributed by atoms with Gasteiger partial charge in [-0.15, -0.1) is 0 Å². The summed E-state index contributed by atoms with van der Waals surface area (Å²) in [6.45, 7) is 2.77. The Labute approximate surface area is 206 Å². The molecule has 33 heavy (non-hydrogen) atoms. The van der Waals surface area contributed by atoms with Crippen molar-refractivity contribution in [2.75, 3.05) is 5.32 Å². The molecular formula is C25H20Cl3N3O2. The molecule has 1 N–H and O–H groups in total. The Kier molecular flexibility index (Phi) is 7.23. The summed E-state index contributed by atoms with van der Waals surface area (Å²) in [6, 6.07) is 22.1. The average molecular weight is 501 g/mol. The summed E-state index contributed by atoms with van der Waals surface area (Å²) in [6.07, 6.45) is 0. The number of ether oxygens (including phenoxy) is 1. The van der Waals surface area contributed by atoms with Gasteiger partial charge in [-0.05, 0) is 42.3 Å². The number of aryl methyl sites for hydroxylation is 1. The molecule has 1 amide bonds. The number of amides is 1. The molecule has 0 atom stereocenters. The Morgan fingerprint density at radius 2 is 1.64 bits per heavy atom. The number of anilines is 1. The zero-order valence-corrected chi connectivity index (χ0v) is 20.0. The Hall–Kier alpha value is -2.99. The smallest absolute Gasteiger partial charge is 0.256 e. The fraction of sp³-hybridized carbons (Fsp3) is 0.120. The molecule has 0 aliphatic heterocycles. The number of nitrogens with zero attached hydrogens (tertiary/aromatic N) is 2. The largest absolute Gasteiger partial charge is 0.486 e. The number of carbonyl (C=O) groups is 1. The molecule has 0 saturated carbocycles. The highest BCUT2D eigenvalue weighted by Gasteiger charge is 2.13. The summed E-state index contributed by atoms with van der Waals surface area (Å²) in [5.41, 5.74) is 3.36. The first-order chi connectivity index (χ1) is 15.9. The second kappa shape index (κ2) is 10.3. The molecule has 0 bridgehead atoms. The van der Waals surface area contributed by atoms with Crippen molar-refractivity contribution in [1.82, 2.24) is 9.78 Å². The average Bonchev–Trinajstić information content (AvgIpc) is 3.12. The van der Waals surface area contributed by atoms with Crippen LogP contribution in [0.1, 0.15) is 27.2 Å². The summed E-state index contributed by atoms with van der Waals surface area (Å²) in [4.78, 5) is 12.8. The van der Waals surface area contributed by atoms with Crippen LogP contribution in [-0.4, -0.2) is 15.7 Å². The van der Waals surface area contributed by atoms with Gasteiger partial charge in [-0.2, -0.15) is 5.10 Å². The predicted molar refractivity (Wildman–Crippen MR) is 133 cm³/mol. The van der Waals surface area contributed by atoms with Crippen LogP contribution in [-0.2, 0) is 13.2 Å². The molecule has 0 aliphatic carbocycles. The quantitative estimate of drug-likeness (QED) is 0.296. The monoisotopic (exact) mass is 499 g/mol. The number of nitrogens with one attached hydrogen (secondary N) is 1. The van der Waals surface area contributed by atoms with E-state index in [9.17, 15) is 4.79 Å². The number of hydrogen-bond donors (Lipinski definition) is 1. The number of aromatic nitrogens is 2. The minimum absolute atomic E-state index is 0.188. The van der Waals surface area contributed by atoms with Crippen LogP contribution in [0.3, 0.4) is 0 Å². The lowest BCUT2D eigenvalue weighted by atomic mass is 10.1. The molecule has 168 valence electrons. The lowest BCUT2D eigenvalue weighted by Gasteiger charge is -2.11. The summed E-state index contributed by atoms with van der Waals surface area (Å²) in [5, 5.41) is 8.45. The van der Waals surface area contributed by atoms with Crippen LogP contribution >= 0.6 is 34.8 Å². The third-order valence-corrected chi connectivity index (χ3v) is 5.71. The van der Waals surface area contributed by atoms with Crippen LogP contribution in [0, 0.1) is 6.92 Å². The highest BCUT2D eigenvalue weighted by atomic mass is 35.5. The molecule has 8 heteroatoms. The highest BCUT2D eigenvalue weighted by Crippen LogP contribution is 2.36. The van der Waals surface area contributed by atoms with E-state index >= 15 is 0 Å². The molecule has 4 rings (SSSR count). The minimum Gasteiger partial charge on any atom is -0.486 e. The van der Waals surface area contributed by atoms with E-state index in [1.165, 1.54) is 0 Å². The second-order valence-electron chi connectivity index (χ2n) is 7.46. The number of rotatable bonds is 7. The van der Waals surface area contributed by atoms with Crippen LogP contribution in [0.25, 0.3) is 0 Å². The summed E-state index contributed by atoms with van der Waals surface area (Å²) in [7, 11) is 0. The standard InChI is InChI=1S/C25H20Cl3N3O2/c1-16-10-23(30-31(16)14-17-6-3-2-4-7-17)29-25(32)19-9-5-8-18(11-19)15-33-24-21(27)12-20(26)13-22(24)28/h2-13H,14-15H2,1H3,(H,29,30,32). The molecule has 0 saturated heterocycles. The van der Waals surface area contributed by atoms with Crippen LogP contribution in [0.4, 0.5) is 5.82 Å². The van der Waals surface area contributed by atoms with Crippen molar-refractivity contribution in [3.8, 4) is 5.75 Å². The van der Waals surface area contributed by atoms with Crippen LogP contribution < -0.4 is 10.1 Å². The topological polar surface area (TPSA) is 56.1 Å². The maximum Gasteiger partial charge on any atom is 0.256 e. The van der Waals surface area contributed by atoms with Gasteiger partial charge in [0.15, 0.2) is 11.6 Å². The second-order valence-corrected chi connectivity index (χ2v) is 8.71. The van der Waals surface area contributed by atoms with E-state index in [0.717, 1.165) is 16.8 Å². The number of halogens is 3.